The number of nitrogens with zero attached hydrogens (tertiary/aromatic N) is 2. The van der Waals surface area contributed by atoms with Gasteiger partial charge in [-0.3, -0.25) is 4.90 Å². The molecule has 0 aliphatic carbocycles. The predicted octanol–water partition coefficient (Wildman–Crippen LogP) is 5.09. The van der Waals surface area contributed by atoms with Gasteiger partial charge in [0.25, 0.3) is 0 Å². The summed E-state index contributed by atoms with van der Waals surface area (Å²) < 4.78 is 9.47. The van der Waals surface area contributed by atoms with E-state index in [2.05, 4.69) is 70.3 Å². The largest absolute Gasteiger partial charge is 0.379 e. The van der Waals surface area contributed by atoms with E-state index in [-0.39, 0.29) is 0 Å². The van der Waals surface area contributed by atoms with Crippen LogP contribution in [0.15, 0.2) is 53.9 Å². The minimum absolute atomic E-state index is 0.866. The van der Waals surface area contributed by atoms with Crippen molar-refractivity contribution in [3.8, 4) is 0 Å². The van der Waals surface area contributed by atoms with E-state index in [1.165, 1.54) is 37.8 Å². The molecule has 0 radical (unpaired) electrons. The first-order valence-corrected chi connectivity index (χ1v) is 11.0. The molecule has 3 heterocycles. The van der Waals surface area contributed by atoms with E-state index in [0.29, 0.717) is 0 Å². The fraction of sp³-hybridized carbons (Fsp3) is 0.333. The topological polar surface area (TPSA) is 17.4 Å². The fourth-order valence-electron chi connectivity index (χ4n) is 4.45. The van der Waals surface area contributed by atoms with Gasteiger partial charge < -0.3 is 9.30 Å². The summed E-state index contributed by atoms with van der Waals surface area (Å²) in [4.78, 5) is 2.52. The summed E-state index contributed by atoms with van der Waals surface area (Å²) in [5.41, 5.74) is 5.72. The number of fused-ring (bicyclic) bond motifs is 2. The second-order valence-electron chi connectivity index (χ2n) is 7.62. The minimum Gasteiger partial charge on any atom is -0.379 e. The van der Waals surface area contributed by atoms with Gasteiger partial charge >= 0.3 is 0 Å². The second kappa shape index (κ2) is 7.70. The average Bonchev–Trinajstić information content (AvgIpc) is 3.30. The van der Waals surface area contributed by atoms with Crippen LogP contribution in [0.5, 0.6) is 0 Å². The number of rotatable bonds is 5. The fourth-order valence-corrected chi connectivity index (χ4v) is 5.44. The maximum atomic E-state index is 5.49. The van der Waals surface area contributed by atoms with E-state index in [0.717, 1.165) is 45.8 Å². The maximum Gasteiger partial charge on any atom is 0.0595 e. The summed E-state index contributed by atoms with van der Waals surface area (Å²) in [7, 11) is 0. The van der Waals surface area contributed by atoms with Crippen LogP contribution in [0.1, 0.15) is 16.8 Å². The molecule has 0 N–H and O–H groups in total. The molecule has 144 valence electrons. The molecule has 4 heteroatoms. The van der Waals surface area contributed by atoms with Crippen LogP contribution in [0.25, 0.3) is 21.0 Å². The molecule has 0 spiro atoms. The minimum atomic E-state index is 0.866. The van der Waals surface area contributed by atoms with E-state index in [1.54, 1.807) is 0 Å². The molecule has 0 amide bonds. The zero-order chi connectivity index (χ0) is 18.9. The van der Waals surface area contributed by atoms with Crippen LogP contribution in [-0.4, -0.2) is 42.3 Å². The summed E-state index contributed by atoms with van der Waals surface area (Å²) in [5, 5.41) is 4.93. The Morgan fingerprint density at radius 1 is 0.964 bits per heavy atom. The number of ether oxygens (including phenoxy) is 1. The highest BCUT2D eigenvalue weighted by atomic mass is 32.1. The Morgan fingerprint density at radius 2 is 1.79 bits per heavy atom. The molecule has 2 aromatic carbocycles. The van der Waals surface area contributed by atoms with Crippen LogP contribution in [0, 0.1) is 6.92 Å². The molecule has 1 aliphatic heterocycles. The molecule has 4 aromatic rings. The highest BCUT2D eigenvalue weighted by Crippen LogP contribution is 2.33. The summed E-state index contributed by atoms with van der Waals surface area (Å²) in [6.07, 6.45) is 0.995. The van der Waals surface area contributed by atoms with E-state index in [4.69, 9.17) is 4.74 Å². The normalized spacial score (nSPS) is 15.6. The van der Waals surface area contributed by atoms with Crippen LogP contribution in [0.2, 0.25) is 0 Å². The standard InChI is InChI=1S/C24H26N2OS/c1-18-22(17-20-7-4-6-19-5-2-3-8-21(19)20)24-23(9-16-28-24)26(18)11-10-25-12-14-27-15-13-25/h2-9,16H,10-15,17H2,1H3. The lowest BCUT2D eigenvalue weighted by atomic mass is 9.98. The number of aromatic nitrogens is 1. The SMILES string of the molecule is Cc1c(Cc2cccc3ccccc23)c2sccc2n1CCN1CCOCC1. The first kappa shape index (κ1) is 17.9. The average molecular weight is 391 g/mol. The Bertz CT molecular complexity index is 1100. The number of hydrogen-bond donors (Lipinski definition) is 0. The number of thiophene rings is 1. The molecule has 0 atom stereocenters. The Morgan fingerprint density at radius 3 is 2.68 bits per heavy atom. The zero-order valence-corrected chi connectivity index (χ0v) is 17.2. The summed E-state index contributed by atoms with van der Waals surface area (Å²) >= 11 is 1.88. The molecule has 2 aromatic heterocycles. The van der Waals surface area contributed by atoms with Crippen LogP contribution in [0.3, 0.4) is 0 Å². The zero-order valence-electron chi connectivity index (χ0n) is 16.4. The van der Waals surface area contributed by atoms with Gasteiger partial charge in [0.2, 0.25) is 0 Å². The van der Waals surface area contributed by atoms with Gasteiger partial charge in [-0.2, -0.15) is 0 Å². The third-order valence-corrected chi connectivity index (χ3v) is 7.01. The van der Waals surface area contributed by atoms with Gasteiger partial charge in [0, 0.05) is 38.3 Å². The molecule has 1 aliphatic rings. The highest BCUT2D eigenvalue weighted by Gasteiger charge is 2.18. The third-order valence-electron chi connectivity index (χ3n) is 6.04. The van der Waals surface area contributed by atoms with Crippen molar-refractivity contribution in [1.29, 1.82) is 0 Å². The molecule has 1 fully saturated rings. The molecular weight excluding hydrogens is 364 g/mol. The lowest BCUT2D eigenvalue weighted by Crippen LogP contribution is -2.38. The quantitative estimate of drug-likeness (QED) is 0.472. The molecule has 28 heavy (non-hydrogen) atoms. The van der Waals surface area contributed by atoms with Crippen molar-refractivity contribution in [1.82, 2.24) is 9.47 Å². The van der Waals surface area contributed by atoms with Gasteiger partial charge in [-0.15, -0.1) is 11.3 Å². The number of hydrogen-bond acceptors (Lipinski definition) is 3. The first-order valence-electron chi connectivity index (χ1n) is 10.1. The van der Waals surface area contributed by atoms with Crippen molar-refractivity contribution in [2.24, 2.45) is 0 Å². The highest BCUT2D eigenvalue weighted by molar-refractivity contribution is 7.17. The summed E-state index contributed by atoms with van der Waals surface area (Å²) in [5.74, 6) is 0. The third kappa shape index (κ3) is 3.26. The molecule has 0 saturated carbocycles. The van der Waals surface area contributed by atoms with Gasteiger partial charge in [-0.25, -0.2) is 0 Å². The van der Waals surface area contributed by atoms with Crippen LogP contribution in [-0.2, 0) is 17.7 Å². The summed E-state index contributed by atoms with van der Waals surface area (Å²) in [6, 6.07) is 17.7. The van der Waals surface area contributed by atoms with Crippen LogP contribution in [0.4, 0.5) is 0 Å². The predicted molar refractivity (Wildman–Crippen MR) is 119 cm³/mol. The van der Waals surface area contributed by atoms with Crippen molar-refractivity contribution in [2.75, 3.05) is 32.8 Å². The van der Waals surface area contributed by atoms with Gasteiger partial charge in [0.1, 0.15) is 0 Å². The molecule has 3 nitrogen and oxygen atoms in total. The van der Waals surface area contributed by atoms with Crippen LogP contribution >= 0.6 is 11.3 Å². The molecule has 0 unspecified atom stereocenters. The molecule has 5 rings (SSSR count). The van der Waals surface area contributed by atoms with Gasteiger partial charge in [0.05, 0.1) is 23.4 Å². The van der Waals surface area contributed by atoms with E-state index >= 15 is 0 Å². The number of benzene rings is 2. The second-order valence-corrected chi connectivity index (χ2v) is 8.54. The van der Waals surface area contributed by atoms with E-state index in [1.807, 2.05) is 11.3 Å². The summed E-state index contributed by atoms with van der Waals surface area (Å²) in [6.45, 7) is 8.28. The van der Waals surface area contributed by atoms with Crippen molar-refractivity contribution in [3.05, 3.63) is 70.7 Å². The van der Waals surface area contributed by atoms with Crippen molar-refractivity contribution >= 4 is 32.3 Å². The van der Waals surface area contributed by atoms with Gasteiger partial charge in [0.15, 0.2) is 0 Å². The lowest BCUT2D eigenvalue weighted by molar-refractivity contribution is 0.0365. The number of morpholine rings is 1. The maximum absolute atomic E-state index is 5.49. The Labute approximate surface area is 170 Å². The van der Waals surface area contributed by atoms with Gasteiger partial charge in [-0.05, 0) is 40.3 Å². The smallest absolute Gasteiger partial charge is 0.0595 e. The van der Waals surface area contributed by atoms with Crippen molar-refractivity contribution in [3.63, 3.8) is 0 Å². The first-order chi connectivity index (χ1) is 13.8. The Hall–Kier alpha value is -2.14. The Balaban J connectivity index is 1.48. The van der Waals surface area contributed by atoms with Crippen molar-refractivity contribution in [2.45, 2.75) is 19.9 Å². The monoisotopic (exact) mass is 390 g/mol. The Kier molecular flexibility index (Phi) is 4.93. The van der Waals surface area contributed by atoms with Crippen LogP contribution < -0.4 is 0 Å². The van der Waals surface area contributed by atoms with Gasteiger partial charge in [-0.1, -0.05) is 42.5 Å². The van der Waals surface area contributed by atoms with E-state index < -0.39 is 0 Å². The van der Waals surface area contributed by atoms with Crippen molar-refractivity contribution < 1.29 is 4.74 Å². The molecular formula is C24H26N2OS. The molecule has 0 bridgehead atoms. The molecule has 1 saturated heterocycles. The lowest BCUT2D eigenvalue weighted by Gasteiger charge is -2.27. The van der Waals surface area contributed by atoms with E-state index in [9.17, 15) is 0 Å².